The third-order valence-electron chi connectivity index (χ3n) is 6.50. The van der Waals surface area contributed by atoms with E-state index in [2.05, 4.69) is 5.32 Å². The summed E-state index contributed by atoms with van der Waals surface area (Å²) in [5, 5.41) is 3.01. The number of nitrogens with zero attached hydrogens (tertiary/aromatic N) is 2. The highest BCUT2D eigenvalue weighted by molar-refractivity contribution is 7.89. The van der Waals surface area contributed by atoms with Crippen molar-refractivity contribution in [3.8, 4) is 0 Å². The van der Waals surface area contributed by atoms with Gasteiger partial charge in [-0.3, -0.25) is 9.59 Å². The Morgan fingerprint density at radius 1 is 1.06 bits per heavy atom. The molecule has 7 nitrogen and oxygen atoms in total. The third-order valence-corrected chi connectivity index (χ3v) is 8.32. The lowest BCUT2D eigenvalue weighted by molar-refractivity contribution is -0.141. The van der Waals surface area contributed by atoms with E-state index in [1.54, 1.807) is 37.3 Å². The van der Waals surface area contributed by atoms with Crippen molar-refractivity contribution in [2.24, 2.45) is 0 Å². The maximum absolute atomic E-state index is 14.4. The first-order valence-corrected chi connectivity index (χ1v) is 13.4. The van der Waals surface area contributed by atoms with Gasteiger partial charge in [-0.05, 0) is 44.9 Å². The molecule has 9 heteroatoms. The van der Waals surface area contributed by atoms with Crippen LogP contribution in [0.5, 0.6) is 0 Å². The Labute approximate surface area is 207 Å². The van der Waals surface area contributed by atoms with Crippen LogP contribution in [-0.2, 0) is 26.2 Å². The molecule has 1 aliphatic carbocycles. The van der Waals surface area contributed by atoms with Crippen molar-refractivity contribution in [3.63, 3.8) is 0 Å². The summed E-state index contributed by atoms with van der Waals surface area (Å²) in [5.74, 6) is -1.41. The van der Waals surface area contributed by atoms with E-state index in [-0.39, 0.29) is 29.0 Å². The second kappa shape index (κ2) is 11.8. The molecule has 1 N–H and O–H groups in total. The zero-order valence-electron chi connectivity index (χ0n) is 20.5. The van der Waals surface area contributed by atoms with Crippen LogP contribution in [0, 0.1) is 12.7 Å². The maximum atomic E-state index is 14.4. The van der Waals surface area contributed by atoms with Gasteiger partial charge in [-0.1, -0.05) is 55.2 Å². The summed E-state index contributed by atoms with van der Waals surface area (Å²) in [5.41, 5.74) is 1.17. The topological polar surface area (TPSA) is 86.8 Å². The minimum atomic E-state index is -3.92. The monoisotopic (exact) mass is 503 g/mol. The van der Waals surface area contributed by atoms with Crippen LogP contribution in [0.4, 0.5) is 4.39 Å². The Balaban J connectivity index is 1.80. The van der Waals surface area contributed by atoms with E-state index in [9.17, 15) is 22.4 Å². The van der Waals surface area contributed by atoms with Gasteiger partial charge >= 0.3 is 0 Å². The van der Waals surface area contributed by atoms with Crippen molar-refractivity contribution >= 4 is 21.8 Å². The molecule has 1 saturated carbocycles. The summed E-state index contributed by atoms with van der Waals surface area (Å²) in [6.45, 7) is 2.81. The summed E-state index contributed by atoms with van der Waals surface area (Å²) < 4.78 is 41.4. The standard InChI is InChI=1S/C26H34FN3O4S/c1-19-13-15-23(16-14-19)35(33,34)29(3)18-25(31)30(17-21-9-7-8-12-24(21)27)20(2)26(32)28-22-10-5-4-6-11-22/h7-9,12-16,20,22H,4-6,10-11,17-18H2,1-3H3,(H,28,32). The number of hydrogen-bond donors (Lipinski definition) is 1. The lowest BCUT2D eigenvalue weighted by Gasteiger charge is -2.32. The fraction of sp³-hybridized carbons (Fsp3) is 0.462. The predicted molar refractivity (Wildman–Crippen MR) is 132 cm³/mol. The largest absolute Gasteiger partial charge is 0.352 e. The fourth-order valence-electron chi connectivity index (χ4n) is 4.22. The van der Waals surface area contributed by atoms with Crippen LogP contribution in [0.1, 0.15) is 50.2 Å². The Bertz CT molecular complexity index is 1130. The third kappa shape index (κ3) is 6.89. The molecule has 35 heavy (non-hydrogen) atoms. The van der Waals surface area contributed by atoms with Crippen LogP contribution in [0.3, 0.4) is 0 Å². The predicted octanol–water partition coefficient (Wildman–Crippen LogP) is 3.62. The minimum Gasteiger partial charge on any atom is -0.352 e. The SMILES string of the molecule is Cc1ccc(S(=O)(=O)N(C)CC(=O)N(Cc2ccccc2F)C(C)C(=O)NC2CCCCC2)cc1. The highest BCUT2D eigenvalue weighted by Gasteiger charge is 2.31. The zero-order valence-corrected chi connectivity index (χ0v) is 21.4. The Morgan fingerprint density at radius 3 is 2.31 bits per heavy atom. The van der Waals surface area contributed by atoms with E-state index in [1.165, 1.54) is 30.1 Å². The molecule has 3 rings (SSSR count). The number of nitrogens with one attached hydrogen (secondary N) is 1. The highest BCUT2D eigenvalue weighted by atomic mass is 32.2. The number of rotatable bonds is 9. The number of aryl methyl sites for hydroxylation is 1. The van der Waals surface area contributed by atoms with Crippen LogP contribution in [0.15, 0.2) is 53.4 Å². The fourth-order valence-corrected chi connectivity index (χ4v) is 5.34. The van der Waals surface area contributed by atoms with E-state index in [0.717, 1.165) is 42.0 Å². The zero-order chi connectivity index (χ0) is 25.6. The van der Waals surface area contributed by atoms with Crippen molar-refractivity contribution in [2.45, 2.75) is 69.5 Å². The Morgan fingerprint density at radius 2 is 1.69 bits per heavy atom. The first-order chi connectivity index (χ1) is 16.6. The normalized spacial score (nSPS) is 15.6. The number of amides is 2. The molecule has 0 heterocycles. The molecule has 2 aromatic rings. The second-order valence-corrected chi connectivity index (χ2v) is 11.3. The number of carbonyl (C=O) groups excluding carboxylic acids is 2. The van der Waals surface area contributed by atoms with Gasteiger partial charge in [-0.15, -0.1) is 0 Å². The number of hydrogen-bond acceptors (Lipinski definition) is 4. The van der Waals surface area contributed by atoms with Crippen molar-refractivity contribution in [1.29, 1.82) is 0 Å². The molecule has 0 aliphatic heterocycles. The molecule has 1 fully saturated rings. The van der Waals surface area contributed by atoms with Crippen LogP contribution in [-0.4, -0.2) is 55.1 Å². The molecule has 2 amide bonds. The van der Waals surface area contributed by atoms with Crippen LogP contribution < -0.4 is 5.32 Å². The molecule has 0 saturated heterocycles. The number of likely N-dealkylation sites (N-methyl/N-ethyl adjacent to an activating group) is 1. The average molecular weight is 504 g/mol. The lowest BCUT2D eigenvalue weighted by Crippen LogP contribution is -2.52. The summed E-state index contributed by atoms with van der Waals surface area (Å²) in [4.78, 5) is 27.7. The van der Waals surface area contributed by atoms with Crippen LogP contribution in [0.25, 0.3) is 0 Å². The maximum Gasteiger partial charge on any atom is 0.243 e. The van der Waals surface area contributed by atoms with E-state index in [1.807, 2.05) is 6.92 Å². The average Bonchev–Trinajstić information content (AvgIpc) is 2.84. The van der Waals surface area contributed by atoms with Crippen LogP contribution in [0.2, 0.25) is 0 Å². The van der Waals surface area contributed by atoms with Gasteiger partial charge in [-0.25, -0.2) is 12.8 Å². The van der Waals surface area contributed by atoms with Gasteiger partial charge in [0.25, 0.3) is 0 Å². The number of carbonyl (C=O) groups is 2. The van der Waals surface area contributed by atoms with E-state index in [4.69, 9.17) is 0 Å². The van der Waals surface area contributed by atoms with E-state index < -0.39 is 34.3 Å². The molecule has 0 aromatic heterocycles. The Hall–Kier alpha value is -2.78. The molecule has 2 aromatic carbocycles. The first-order valence-electron chi connectivity index (χ1n) is 12.0. The first kappa shape index (κ1) is 26.8. The summed E-state index contributed by atoms with van der Waals surface area (Å²) >= 11 is 0. The molecule has 0 spiro atoms. The Kier molecular flexibility index (Phi) is 9.02. The smallest absolute Gasteiger partial charge is 0.243 e. The lowest BCUT2D eigenvalue weighted by atomic mass is 9.95. The molecule has 190 valence electrons. The van der Waals surface area contributed by atoms with Crippen molar-refractivity contribution in [2.75, 3.05) is 13.6 Å². The summed E-state index contributed by atoms with van der Waals surface area (Å²) in [7, 11) is -2.60. The van der Waals surface area contributed by atoms with Crippen molar-refractivity contribution in [1.82, 2.24) is 14.5 Å². The quantitative estimate of drug-likeness (QED) is 0.566. The van der Waals surface area contributed by atoms with Gasteiger partial charge in [0.1, 0.15) is 11.9 Å². The van der Waals surface area contributed by atoms with Gasteiger partial charge < -0.3 is 10.2 Å². The number of halogens is 1. The molecule has 0 bridgehead atoms. The summed E-state index contributed by atoms with van der Waals surface area (Å²) in [6, 6.07) is 11.5. The van der Waals surface area contributed by atoms with Crippen LogP contribution >= 0.6 is 0 Å². The van der Waals surface area contributed by atoms with Crippen molar-refractivity contribution in [3.05, 3.63) is 65.5 Å². The van der Waals surface area contributed by atoms with Gasteiger partial charge in [0.2, 0.25) is 21.8 Å². The van der Waals surface area contributed by atoms with E-state index >= 15 is 0 Å². The van der Waals surface area contributed by atoms with Gasteiger partial charge in [0.15, 0.2) is 0 Å². The minimum absolute atomic E-state index is 0.0497. The molecule has 1 unspecified atom stereocenters. The summed E-state index contributed by atoms with van der Waals surface area (Å²) in [6.07, 6.45) is 4.99. The number of benzene rings is 2. The van der Waals surface area contributed by atoms with Crippen molar-refractivity contribution < 1.29 is 22.4 Å². The van der Waals surface area contributed by atoms with Gasteiger partial charge in [0, 0.05) is 25.2 Å². The van der Waals surface area contributed by atoms with Gasteiger partial charge in [0.05, 0.1) is 11.4 Å². The second-order valence-electron chi connectivity index (χ2n) is 9.21. The molecular formula is C26H34FN3O4S. The molecule has 1 atom stereocenters. The molecule has 1 aliphatic rings. The number of sulfonamides is 1. The molecular weight excluding hydrogens is 469 g/mol. The highest BCUT2D eigenvalue weighted by Crippen LogP contribution is 2.20. The molecule has 0 radical (unpaired) electrons. The van der Waals surface area contributed by atoms with Gasteiger partial charge in [-0.2, -0.15) is 4.31 Å². The van der Waals surface area contributed by atoms with E-state index in [0.29, 0.717) is 0 Å².